The van der Waals surface area contributed by atoms with Crippen LogP contribution in [0.5, 0.6) is 0 Å². The van der Waals surface area contributed by atoms with Gasteiger partial charge >= 0.3 is 0 Å². The second kappa shape index (κ2) is 5.34. The summed E-state index contributed by atoms with van der Waals surface area (Å²) in [5, 5.41) is 7.69. The molecule has 0 bridgehead atoms. The normalized spacial score (nSPS) is 23.1. The summed E-state index contributed by atoms with van der Waals surface area (Å²) in [6.45, 7) is 3.22. The SMILES string of the molecule is CCCC1(c2nc(-c3ccc(Br)s3)no2)CCCN1. The number of halogens is 1. The zero-order valence-electron chi connectivity index (χ0n) is 10.8. The molecule has 1 N–H and O–H groups in total. The summed E-state index contributed by atoms with van der Waals surface area (Å²) in [6, 6.07) is 4.02. The topological polar surface area (TPSA) is 51.0 Å². The summed E-state index contributed by atoms with van der Waals surface area (Å²) < 4.78 is 6.62. The van der Waals surface area contributed by atoms with Gasteiger partial charge in [-0.05, 0) is 53.9 Å². The van der Waals surface area contributed by atoms with Crippen LogP contribution >= 0.6 is 27.3 Å². The molecule has 0 spiro atoms. The van der Waals surface area contributed by atoms with Crippen molar-refractivity contribution in [2.24, 2.45) is 0 Å². The first kappa shape index (κ1) is 13.3. The molecule has 0 amide bonds. The molecule has 1 aliphatic rings. The number of nitrogens with zero attached hydrogens (tertiary/aromatic N) is 2. The third-order valence-corrected chi connectivity index (χ3v) is 5.17. The average Bonchev–Trinajstić information content (AvgIpc) is 3.07. The molecule has 6 heteroatoms. The van der Waals surface area contributed by atoms with E-state index in [0.717, 1.165) is 40.4 Å². The Labute approximate surface area is 124 Å². The van der Waals surface area contributed by atoms with Crippen LogP contribution in [0.3, 0.4) is 0 Å². The predicted molar refractivity (Wildman–Crippen MR) is 79.1 cm³/mol. The highest BCUT2D eigenvalue weighted by Crippen LogP contribution is 2.36. The Hall–Kier alpha value is -0.720. The summed E-state index contributed by atoms with van der Waals surface area (Å²) in [5.74, 6) is 1.43. The quantitative estimate of drug-likeness (QED) is 0.914. The van der Waals surface area contributed by atoms with Gasteiger partial charge in [0.15, 0.2) is 0 Å². The van der Waals surface area contributed by atoms with Crippen molar-refractivity contribution in [2.45, 2.75) is 38.1 Å². The molecule has 2 aromatic rings. The molecule has 1 aliphatic heterocycles. The van der Waals surface area contributed by atoms with E-state index in [1.54, 1.807) is 11.3 Å². The van der Waals surface area contributed by atoms with Gasteiger partial charge < -0.3 is 9.84 Å². The number of rotatable bonds is 4. The van der Waals surface area contributed by atoms with E-state index < -0.39 is 0 Å². The lowest BCUT2D eigenvalue weighted by Gasteiger charge is -2.24. The molecule has 1 unspecified atom stereocenters. The van der Waals surface area contributed by atoms with Crippen LogP contribution in [0.4, 0.5) is 0 Å². The summed E-state index contributed by atoms with van der Waals surface area (Å²) >= 11 is 5.08. The molecule has 0 radical (unpaired) electrons. The standard InChI is InChI=1S/C13H16BrN3OS/c1-2-6-13(7-3-8-15-13)12-16-11(17-18-12)9-4-5-10(14)19-9/h4-5,15H,2-3,6-8H2,1H3. The number of hydrogen-bond donors (Lipinski definition) is 1. The molecule has 0 aliphatic carbocycles. The Kier molecular flexibility index (Phi) is 3.73. The van der Waals surface area contributed by atoms with Gasteiger partial charge in [-0.15, -0.1) is 11.3 Å². The minimum absolute atomic E-state index is 0.103. The third kappa shape index (κ3) is 2.49. The van der Waals surface area contributed by atoms with Crippen molar-refractivity contribution in [1.82, 2.24) is 15.5 Å². The van der Waals surface area contributed by atoms with E-state index in [-0.39, 0.29) is 5.54 Å². The summed E-state index contributed by atoms with van der Waals surface area (Å²) in [4.78, 5) is 5.65. The zero-order chi connectivity index (χ0) is 13.3. The van der Waals surface area contributed by atoms with Gasteiger partial charge in [-0.3, -0.25) is 0 Å². The lowest BCUT2D eigenvalue weighted by molar-refractivity contribution is 0.241. The van der Waals surface area contributed by atoms with Gasteiger partial charge in [-0.1, -0.05) is 18.5 Å². The van der Waals surface area contributed by atoms with Crippen LogP contribution in [0.15, 0.2) is 20.4 Å². The molecule has 1 fully saturated rings. The van der Waals surface area contributed by atoms with E-state index in [0.29, 0.717) is 5.82 Å². The van der Waals surface area contributed by atoms with E-state index >= 15 is 0 Å². The zero-order valence-corrected chi connectivity index (χ0v) is 13.2. The van der Waals surface area contributed by atoms with Crippen molar-refractivity contribution in [3.05, 3.63) is 21.8 Å². The first-order chi connectivity index (χ1) is 9.23. The molecule has 2 aromatic heterocycles. The second-order valence-corrected chi connectivity index (χ2v) is 7.35. The molecular formula is C13H16BrN3OS. The number of aromatic nitrogens is 2. The fourth-order valence-corrected chi connectivity index (χ4v) is 4.00. The lowest BCUT2D eigenvalue weighted by atomic mass is 9.92. The summed E-state index contributed by atoms with van der Waals surface area (Å²) in [6.07, 6.45) is 4.40. The van der Waals surface area contributed by atoms with E-state index in [1.807, 2.05) is 12.1 Å². The van der Waals surface area contributed by atoms with Gasteiger partial charge in [0.1, 0.15) is 0 Å². The third-order valence-electron chi connectivity index (χ3n) is 3.55. The number of hydrogen-bond acceptors (Lipinski definition) is 5. The maximum Gasteiger partial charge on any atom is 0.247 e. The first-order valence-corrected chi connectivity index (χ1v) is 8.19. The van der Waals surface area contributed by atoms with E-state index in [2.05, 4.69) is 38.3 Å². The van der Waals surface area contributed by atoms with Gasteiger partial charge in [-0.2, -0.15) is 4.98 Å². The van der Waals surface area contributed by atoms with Crippen molar-refractivity contribution >= 4 is 27.3 Å². The van der Waals surface area contributed by atoms with Gasteiger partial charge in [0.05, 0.1) is 14.2 Å². The van der Waals surface area contributed by atoms with Crippen molar-refractivity contribution in [2.75, 3.05) is 6.54 Å². The summed E-state index contributed by atoms with van der Waals surface area (Å²) in [7, 11) is 0. The lowest BCUT2D eigenvalue weighted by Crippen LogP contribution is -2.36. The van der Waals surface area contributed by atoms with Crippen molar-refractivity contribution in [3.8, 4) is 10.7 Å². The maximum absolute atomic E-state index is 5.54. The first-order valence-electron chi connectivity index (χ1n) is 6.58. The minimum atomic E-state index is -0.103. The van der Waals surface area contributed by atoms with E-state index in [4.69, 9.17) is 4.52 Å². The van der Waals surface area contributed by atoms with Gasteiger partial charge in [0, 0.05) is 0 Å². The molecule has 1 atom stereocenters. The van der Waals surface area contributed by atoms with Crippen LogP contribution in [0.2, 0.25) is 0 Å². The molecule has 4 nitrogen and oxygen atoms in total. The molecule has 19 heavy (non-hydrogen) atoms. The molecule has 0 aromatic carbocycles. The van der Waals surface area contributed by atoms with Gasteiger partial charge in [0.25, 0.3) is 0 Å². The Morgan fingerprint density at radius 2 is 2.42 bits per heavy atom. The molecule has 1 saturated heterocycles. The predicted octanol–water partition coefficient (Wildman–Crippen LogP) is 3.94. The van der Waals surface area contributed by atoms with E-state index in [9.17, 15) is 0 Å². The fourth-order valence-electron chi connectivity index (χ4n) is 2.69. The maximum atomic E-state index is 5.54. The number of nitrogens with one attached hydrogen (secondary N) is 1. The van der Waals surface area contributed by atoms with Crippen LogP contribution in [-0.2, 0) is 5.54 Å². The van der Waals surface area contributed by atoms with Crippen molar-refractivity contribution < 1.29 is 4.52 Å². The average molecular weight is 342 g/mol. The number of thiophene rings is 1. The Balaban J connectivity index is 1.91. The fraction of sp³-hybridized carbons (Fsp3) is 0.538. The van der Waals surface area contributed by atoms with Crippen LogP contribution < -0.4 is 5.32 Å². The monoisotopic (exact) mass is 341 g/mol. The Bertz CT molecular complexity index is 560. The Morgan fingerprint density at radius 3 is 3.05 bits per heavy atom. The van der Waals surface area contributed by atoms with Crippen molar-refractivity contribution in [3.63, 3.8) is 0 Å². The largest absolute Gasteiger partial charge is 0.337 e. The van der Waals surface area contributed by atoms with Crippen molar-refractivity contribution in [1.29, 1.82) is 0 Å². The minimum Gasteiger partial charge on any atom is -0.337 e. The van der Waals surface area contributed by atoms with Gasteiger partial charge in [-0.25, -0.2) is 0 Å². The smallest absolute Gasteiger partial charge is 0.247 e. The highest BCUT2D eigenvalue weighted by Gasteiger charge is 2.39. The van der Waals surface area contributed by atoms with Crippen LogP contribution in [-0.4, -0.2) is 16.7 Å². The molecule has 3 heterocycles. The van der Waals surface area contributed by atoms with Crippen LogP contribution in [0.1, 0.15) is 38.5 Å². The summed E-state index contributed by atoms with van der Waals surface area (Å²) in [5.41, 5.74) is -0.103. The van der Waals surface area contributed by atoms with E-state index in [1.165, 1.54) is 6.42 Å². The molecule has 102 valence electrons. The van der Waals surface area contributed by atoms with Crippen LogP contribution in [0.25, 0.3) is 10.7 Å². The molecule has 0 saturated carbocycles. The molecule has 3 rings (SSSR count). The second-order valence-electron chi connectivity index (χ2n) is 4.89. The van der Waals surface area contributed by atoms with Crippen LogP contribution in [0, 0.1) is 0 Å². The highest BCUT2D eigenvalue weighted by molar-refractivity contribution is 9.11. The highest BCUT2D eigenvalue weighted by atomic mass is 79.9. The molecular weight excluding hydrogens is 326 g/mol. The Morgan fingerprint density at radius 1 is 1.53 bits per heavy atom. The van der Waals surface area contributed by atoms with Gasteiger partial charge in [0.2, 0.25) is 11.7 Å².